The maximum Gasteiger partial charge on any atom is 0.119 e. The first-order chi connectivity index (χ1) is 9.86. The molecule has 0 amide bonds. The average Bonchev–Trinajstić information content (AvgIpc) is 2.46. The van der Waals surface area contributed by atoms with Crippen molar-refractivity contribution in [1.29, 1.82) is 0 Å². The Bertz CT molecular complexity index is 338. The first kappa shape index (κ1) is 17.6. The van der Waals surface area contributed by atoms with Crippen LogP contribution in [0.15, 0.2) is 24.3 Å². The van der Waals surface area contributed by atoms with E-state index in [9.17, 15) is 0 Å². The van der Waals surface area contributed by atoms with Gasteiger partial charge in [0.05, 0.1) is 6.61 Å². The summed E-state index contributed by atoms with van der Waals surface area (Å²) in [7, 11) is 0. The van der Waals surface area contributed by atoms with E-state index in [2.05, 4.69) is 34.1 Å². The summed E-state index contributed by atoms with van der Waals surface area (Å²) in [5.74, 6) is 1.01. The molecule has 0 spiro atoms. The van der Waals surface area contributed by atoms with Crippen molar-refractivity contribution in [3.8, 4) is 5.75 Å². The van der Waals surface area contributed by atoms with Crippen LogP contribution in [0.5, 0.6) is 5.75 Å². The molecule has 0 saturated heterocycles. The van der Waals surface area contributed by atoms with Gasteiger partial charge in [-0.05, 0) is 43.9 Å². The van der Waals surface area contributed by atoms with Crippen molar-refractivity contribution in [1.82, 2.24) is 0 Å². The molecule has 20 heavy (non-hydrogen) atoms. The highest BCUT2D eigenvalue weighted by molar-refractivity contribution is 9.09. The van der Waals surface area contributed by atoms with Gasteiger partial charge >= 0.3 is 0 Å². The molecule has 0 atom stereocenters. The predicted molar refractivity (Wildman–Crippen MR) is 92.0 cm³/mol. The van der Waals surface area contributed by atoms with E-state index in [1.54, 1.807) is 0 Å². The van der Waals surface area contributed by atoms with Crippen molar-refractivity contribution in [2.24, 2.45) is 0 Å². The normalized spacial score (nSPS) is 10.7. The van der Waals surface area contributed by atoms with Crippen LogP contribution in [0.1, 0.15) is 63.9 Å². The standard InChI is InChI=1S/C18H29BrO/c1-2-20-18-14-11-13-17(16-18)12-9-7-5-3-4-6-8-10-15-19/h11,13-14,16H,2-10,12,15H2,1H3. The number of halogens is 1. The molecule has 0 unspecified atom stereocenters. The van der Waals surface area contributed by atoms with Gasteiger partial charge < -0.3 is 4.74 Å². The Morgan fingerprint density at radius 1 is 0.900 bits per heavy atom. The summed E-state index contributed by atoms with van der Waals surface area (Å²) in [5, 5.41) is 1.16. The molecule has 0 aliphatic carbocycles. The van der Waals surface area contributed by atoms with Crippen molar-refractivity contribution in [2.75, 3.05) is 11.9 Å². The summed E-state index contributed by atoms with van der Waals surface area (Å²) in [5.41, 5.74) is 1.41. The highest BCUT2D eigenvalue weighted by Gasteiger charge is 1.97. The van der Waals surface area contributed by atoms with E-state index >= 15 is 0 Å². The van der Waals surface area contributed by atoms with Gasteiger partial charge in [-0.2, -0.15) is 0 Å². The molecule has 0 saturated carbocycles. The monoisotopic (exact) mass is 340 g/mol. The second kappa shape index (κ2) is 12.3. The van der Waals surface area contributed by atoms with Crippen LogP contribution in [-0.4, -0.2) is 11.9 Å². The van der Waals surface area contributed by atoms with Crippen LogP contribution in [0.2, 0.25) is 0 Å². The second-order valence-corrected chi connectivity index (χ2v) is 6.14. The molecule has 0 bridgehead atoms. The van der Waals surface area contributed by atoms with E-state index in [0.29, 0.717) is 0 Å². The van der Waals surface area contributed by atoms with Crippen molar-refractivity contribution in [2.45, 2.75) is 64.7 Å². The Kier molecular flexibility index (Phi) is 10.8. The third-order valence-corrected chi connectivity index (χ3v) is 4.12. The maximum absolute atomic E-state index is 5.53. The Balaban J connectivity index is 2.02. The first-order valence-corrected chi connectivity index (χ1v) is 9.26. The molecule has 0 fully saturated rings. The van der Waals surface area contributed by atoms with E-state index in [1.807, 2.05) is 13.0 Å². The van der Waals surface area contributed by atoms with E-state index in [4.69, 9.17) is 4.74 Å². The lowest BCUT2D eigenvalue weighted by atomic mass is 10.0. The molecule has 0 aromatic heterocycles. The average molecular weight is 341 g/mol. The van der Waals surface area contributed by atoms with E-state index in [-0.39, 0.29) is 0 Å². The largest absolute Gasteiger partial charge is 0.494 e. The van der Waals surface area contributed by atoms with Gasteiger partial charge in [-0.25, -0.2) is 0 Å². The van der Waals surface area contributed by atoms with Gasteiger partial charge in [0.1, 0.15) is 5.75 Å². The number of rotatable bonds is 12. The Hall–Kier alpha value is -0.500. The van der Waals surface area contributed by atoms with Crippen LogP contribution in [0.25, 0.3) is 0 Å². The molecule has 1 aromatic carbocycles. The molecule has 0 radical (unpaired) electrons. The minimum Gasteiger partial charge on any atom is -0.494 e. The molecule has 1 aromatic rings. The molecular formula is C18H29BrO. The van der Waals surface area contributed by atoms with Crippen LogP contribution in [0.4, 0.5) is 0 Å². The number of hydrogen-bond donors (Lipinski definition) is 0. The van der Waals surface area contributed by atoms with Crippen LogP contribution >= 0.6 is 15.9 Å². The molecule has 2 heteroatoms. The van der Waals surface area contributed by atoms with Crippen molar-refractivity contribution < 1.29 is 4.74 Å². The van der Waals surface area contributed by atoms with Gasteiger partial charge in [0, 0.05) is 5.33 Å². The first-order valence-electron chi connectivity index (χ1n) is 8.14. The second-order valence-electron chi connectivity index (χ2n) is 5.35. The predicted octanol–water partition coefficient (Wildman–Crippen LogP) is 6.14. The highest BCUT2D eigenvalue weighted by atomic mass is 79.9. The zero-order chi connectivity index (χ0) is 14.5. The lowest BCUT2D eigenvalue weighted by Gasteiger charge is -2.06. The summed E-state index contributed by atoms with van der Waals surface area (Å²) in [6.45, 7) is 2.78. The lowest BCUT2D eigenvalue weighted by molar-refractivity contribution is 0.340. The number of benzene rings is 1. The molecule has 1 nitrogen and oxygen atoms in total. The minimum absolute atomic E-state index is 0.749. The number of aryl methyl sites for hydroxylation is 1. The third kappa shape index (κ3) is 8.63. The van der Waals surface area contributed by atoms with Crippen LogP contribution in [0.3, 0.4) is 0 Å². The molecular weight excluding hydrogens is 312 g/mol. The van der Waals surface area contributed by atoms with Crippen molar-refractivity contribution in [3.63, 3.8) is 0 Å². The molecule has 0 aliphatic rings. The van der Waals surface area contributed by atoms with Gasteiger partial charge in [-0.1, -0.05) is 66.6 Å². The fraction of sp³-hybridized carbons (Fsp3) is 0.667. The van der Waals surface area contributed by atoms with E-state index in [0.717, 1.165) is 17.7 Å². The van der Waals surface area contributed by atoms with Crippen LogP contribution < -0.4 is 4.74 Å². The van der Waals surface area contributed by atoms with E-state index < -0.39 is 0 Å². The summed E-state index contributed by atoms with van der Waals surface area (Å²) < 4.78 is 5.53. The Morgan fingerprint density at radius 2 is 1.55 bits per heavy atom. The SMILES string of the molecule is CCOc1cccc(CCCCCCCCCCBr)c1. The maximum atomic E-state index is 5.53. The van der Waals surface area contributed by atoms with Crippen LogP contribution in [0, 0.1) is 0 Å². The number of alkyl halides is 1. The van der Waals surface area contributed by atoms with Crippen molar-refractivity contribution >= 4 is 15.9 Å². The summed E-state index contributed by atoms with van der Waals surface area (Å²) >= 11 is 3.48. The van der Waals surface area contributed by atoms with Crippen LogP contribution in [-0.2, 0) is 6.42 Å². The topological polar surface area (TPSA) is 9.23 Å². The molecule has 0 aliphatic heterocycles. The van der Waals surface area contributed by atoms with Gasteiger partial charge in [-0.15, -0.1) is 0 Å². The third-order valence-electron chi connectivity index (χ3n) is 3.56. The van der Waals surface area contributed by atoms with Crippen molar-refractivity contribution in [3.05, 3.63) is 29.8 Å². The smallest absolute Gasteiger partial charge is 0.119 e. The highest BCUT2D eigenvalue weighted by Crippen LogP contribution is 2.16. The Labute approximate surface area is 133 Å². The number of ether oxygens (including phenoxy) is 1. The summed E-state index contributed by atoms with van der Waals surface area (Å²) in [4.78, 5) is 0. The fourth-order valence-electron chi connectivity index (χ4n) is 2.44. The minimum atomic E-state index is 0.749. The molecule has 0 N–H and O–H groups in total. The number of hydrogen-bond acceptors (Lipinski definition) is 1. The Morgan fingerprint density at radius 3 is 2.20 bits per heavy atom. The lowest BCUT2D eigenvalue weighted by Crippen LogP contribution is -1.93. The van der Waals surface area contributed by atoms with Gasteiger partial charge in [0.2, 0.25) is 0 Å². The molecule has 0 heterocycles. The zero-order valence-electron chi connectivity index (χ0n) is 12.9. The fourth-order valence-corrected chi connectivity index (χ4v) is 2.84. The van der Waals surface area contributed by atoms with Gasteiger partial charge in [0.15, 0.2) is 0 Å². The van der Waals surface area contributed by atoms with E-state index in [1.165, 1.54) is 63.4 Å². The molecule has 114 valence electrons. The summed E-state index contributed by atoms with van der Waals surface area (Å²) in [6.07, 6.45) is 12.2. The number of unbranched alkanes of at least 4 members (excludes halogenated alkanes) is 7. The zero-order valence-corrected chi connectivity index (χ0v) is 14.5. The summed E-state index contributed by atoms with van der Waals surface area (Å²) in [6, 6.07) is 8.54. The quantitative estimate of drug-likeness (QED) is 0.327. The molecule has 1 rings (SSSR count). The van der Waals surface area contributed by atoms with Gasteiger partial charge in [-0.3, -0.25) is 0 Å². The van der Waals surface area contributed by atoms with Gasteiger partial charge in [0.25, 0.3) is 0 Å².